The molecule has 0 saturated carbocycles. The van der Waals surface area contributed by atoms with E-state index < -0.39 is 0 Å². The molecule has 0 N–H and O–H groups in total. The van der Waals surface area contributed by atoms with Gasteiger partial charge in [0.2, 0.25) is 0 Å². The maximum Gasteiger partial charge on any atom is 0.254 e. The van der Waals surface area contributed by atoms with Crippen LogP contribution in [0.5, 0.6) is 0 Å². The fourth-order valence-corrected chi connectivity index (χ4v) is 4.13. The highest BCUT2D eigenvalue weighted by Gasteiger charge is 2.28. The van der Waals surface area contributed by atoms with Crippen molar-refractivity contribution in [3.8, 4) is 0 Å². The van der Waals surface area contributed by atoms with Crippen molar-refractivity contribution in [1.82, 2.24) is 19.7 Å². The molecule has 3 aromatic rings. The Balaban J connectivity index is 1.64. The van der Waals surface area contributed by atoms with Crippen LogP contribution < -0.4 is 0 Å². The van der Waals surface area contributed by atoms with Crippen LogP contribution in [0.1, 0.15) is 47.3 Å². The first-order chi connectivity index (χ1) is 13.1. The molecule has 2 aromatic heterocycles. The Morgan fingerprint density at radius 1 is 1.22 bits per heavy atom. The zero-order valence-electron chi connectivity index (χ0n) is 16.1. The van der Waals surface area contributed by atoms with E-state index in [-0.39, 0.29) is 11.9 Å². The molecular formula is C22H26N4O. The second-order valence-electron chi connectivity index (χ2n) is 7.49. The van der Waals surface area contributed by atoms with Crippen molar-refractivity contribution >= 4 is 16.8 Å². The maximum atomic E-state index is 13.5. The molecule has 4 rings (SSSR count). The lowest BCUT2D eigenvalue weighted by atomic mass is 9.96. The average Bonchev–Trinajstić information content (AvgIpc) is 3.20. The van der Waals surface area contributed by atoms with E-state index in [0.29, 0.717) is 0 Å². The SMILES string of the molecule is Cc1cc(C(=O)N2CCCCC2CCn2cccn2)c2cccc(C)c2n1. The number of benzene rings is 1. The predicted molar refractivity (Wildman–Crippen MR) is 107 cm³/mol. The Bertz CT molecular complexity index is 948. The van der Waals surface area contributed by atoms with Gasteiger partial charge in [0.15, 0.2) is 0 Å². The van der Waals surface area contributed by atoms with Gasteiger partial charge in [0, 0.05) is 42.6 Å². The molecule has 0 spiro atoms. The van der Waals surface area contributed by atoms with E-state index in [4.69, 9.17) is 0 Å². The molecule has 1 unspecified atom stereocenters. The van der Waals surface area contributed by atoms with Crippen LogP contribution in [-0.2, 0) is 6.54 Å². The van der Waals surface area contributed by atoms with Crippen molar-refractivity contribution in [2.24, 2.45) is 0 Å². The Labute approximate surface area is 160 Å². The predicted octanol–water partition coefficient (Wildman–Crippen LogP) is 4.13. The number of fused-ring (bicyclic) bond motifs is 1. The van der Waals surface area contributed by atoms with Gasteiger partial charge in [0.25, 0.3) is 5.91 Å². The molecule has 0 bridgehead atoms. The van der Waals surface area contributed by atoms with Crippen LogP contribution in [0, 0.1) is 13.8 Å². The minimum absolute atomic E-state index is 0.140. The Morgan fingerprint density at radius 2 is 2.11 bits per heavy atom. The molecule has 1 aliphatic heterocycles. The fourth-order valence-electron chi connectivity index (χ4n) is 4.13. The number of nitrogens with zero attached hydrogens (tertiary/aromatic N) is 4. The molecular weight excluding hydrogens is 336 g/mol. The van der Waals surface area contributed by atoms with E-state index >= 15 is 0 Å². The lowest BCUT2D eigenvalue weighted by molar-refractivity contribution is 0.0596. The quantitative estimate of drug-likeness (QED) is 0.701. The van der Waals surface area contributed by atoms with Crippen LogP contribution in [0.3, 0.4) is 0 Å². The summed E-state index contributed by atoms with van der Waals surface area (Å²) in [6, 6.07) is 10.2. The topological polar surface area (TPSA) is 51.0 Å². The molecule has 1 saturated heterocycles. The van der Waals surface area contributed by atoms with Crippen LogP contribution in [0.4, 0.5) is 0 Å². The van der Waals surface area contributed by atoms with Crippen molar-refractivity contribution in [2.75, 3.05) is 6.54 Å². The van der Waals surface area contributed by atoms with Crippen LogP contribution in [0.25, 0.3) is 10.9 Å². The van der Waals surface area contributed by atoms with Gasteiger partial charge in [-0.05, 0) is 57.2 Å². The molecule has 0 radical (unpaired) electrons. The highest BCUT2D eigenvalue weighted by atomic mass is 16.2. The van der Waals surface area contributed by atoms with Crippen molar-refractivity contribution in [3.05, 3.63) is 59.5 Å². The molecule has 3 heterocycles. The van der Waals surface area contributed by atoms with Gasteiger partial charge in [-0.25, -0.2) is 0 Å². The normalized spacial score (nSPS) is 17.4. The van der Waals surface area contributed by atoms with E-state index in [9.17, 15) is 4.79 Å². The molecule has 1 fully saturated rings. The average molecular weight is 362 g/mol. The third kappa shape index (κ3) is 3.59. The van der Waals surface area contributed by atoms with Gasteiger partial charge in [0.05, 0.1) is 11.1 Å². The molecule has 27 heavy (non-hydrogen) atoms. The Kier molecular flexibility index (Phi) is 4.92. The van der Waals surface area contributed by atoms with Gasteiger partial charge in [-0.3, -0.25) is 14.5 Å². The number of aryl methyl sites for hydroxylation is 3. The number of para-hydroxylation sites is 1. The number of likely N-dealkylation sites (tertiary alicyclic amines) is 1. The van der Waals surface area contributed by atoms with Gasteiger partial charge in [0.1, 0.15) is 0 Å². The lowest BCUT2D eigenvalue weighted by Crippen LogP contribution is -2.44. The lowest BCUT2D eigenvalue weighted by Gasteiger charge is -2.36. The summed E-state index contributed by atoms with van der Waals surface area (Å²) in [6.07, 6.45) is 8.05. The minimum atomic E-state index is 0.140. The number of carbonyl (C=O) groups excluding carboxylic acids is 1. The summed E-state index contributed by atoms with van der Waals surface area (Å²) in [6.45, 7) is 5.69. The summed E-state index contributed by atoms with van der Waals surface area (Å²) in [5.74, 6) is 0.140. The minimum Gasteiger partial charge on any atom is -0.336 e. The summed E-state index contributed by atoms with van der Waals surface area (Å²) in [5, 5.41) is 5.26. The number of carbonyl (C=O) groups is 1. The number of amides is 1. The second kappa shape index (κ2) is 7.51. The number of aromatic nitrogens is 3. The zero-order chi connectivity index (χ0) is 18.8. The number of piperidine rings is 1. The van der Waals surface area contributed by atoms with Gasteiger partial charge >= 0.3 is 0 Å². The second-order valence-corrected chi connectivity index (χ2v) is 7.49. The van der Waals surface area contributed by atoms with Gasteiger partial charge in [-0.2, -0.15) is 5.10 Å². The smallest absolute Gasteiger partial charge is 0.254 e. The molecule has 5 nitrogen and oxygen atoms in total. The van der Waals surface area contributed by atoms with Gasteiger partial charge in [-0.1, -0.05) is 18.2 Å². The molecule has 1 atom stereocenters. The summed E-state index contributed by atoms with van der Waals surface area (Å²) in [4.78, 5) is 20.3. The summed E-state index contributed by atoms with van der Waals surface area (Å²) >= 11 is 0. The number of pyridine rings is 1. The third-order valence-corrected chi connectivity index (χ3v) is 5.54. The summed E-state index contributed by atoms with van der Waals surface area (Å²) < 4.78 is 1.95. The Hall–Kier alpha value is -2.69. The van der Waals surface area contributed by atoms with Crippen LogP contribution in [-0.4, -0.2) is 38.2 Å². The molecule has 1 amide bonds. The van der Waals surface area contributed by atoms with Crippen molar-refractivity contribution in [1.29, 1.82) is 0 Å². The first-order valence-electron chi connectivity index (χ1n) is 9.79. The molecule has 5 heteroatoms. The van der Waals surface area contributed by atoms with Gasteiger partial charge in [-0.15, -0.1) is 0 Å². The maximum absolute atomic E-state index is 13.5. The van der Waals surface area contributed by atoms with E-state index in [0.717, 1.165) is 60.1 Å². The molecule has 0 aliphatic carbocycles. The zero-order valence-corrected chi connectivity index (χ0v) is 16.1. The number of rotatable bonds is 4. The molecule has 1 aromatic carbocycles. The number of hydrogen-bond acceptors (Lipinski definition) is 3. The Morgan fingerprint density at radius 3 is 2.93 bits per heavy atom. The van der Waals surface area contributed by atoms with Gasteiger partial charge < -0.3 is 4.90 Å². The van der Waals surface area contributed by atoms with Crippen LogP contribution >= 0.6 is 0 Å². The van der Waals surface area contributed by atoms with E-state index in [2.05, 4.69) is 28.0 Å². The van der Waals surface area contributed by atoms with E-state index in [1.54, 1.807) is 6.20 Å². The first kappa shape index (κ1) is 17.7. The highest BCUT2D eigenvalue weighted by Crippen LogP contribution is 2.27. The van der Waals surface area contributed by atoms with Crippen LogP contribution in [0.15, 0.2) is 42.7 Å². The highest BCUT2D eigenvalue weighted by molar-refractivity contribution is 6.07. The van der Waals surface area contributed by atoms with Crippen molar-refractivity contribution in [2.45, 2.75) is 52.1 Å². The fraction of sp³-hybridized carbons (Fsp3) is 0.409. The van der Waals surface area contributed by atoms with Crippen molar-refractivity contribution < 1.29 is 4.79 Å². The largest absolute Gasteiger partial charge is 0.336 e. The van der Waals surface area contributed by atoms with Crippen LogP contribution in [0.2, 0.25) is 0 Å². The standard InChI is InChI=1S/C22H26N4O/c1-16-7-5-9-19-20(15-17(2)24-21(16)19)22(27)26-13-4-3-8-18(26)10-14-25-12-6-11-23-25/h5-7,9,11-12,15,18H,3-4,8,10,13-14H2,1-2H3. The molecule has 1 aliphatic rings. The summed E-state index contributed by atoms with van der Waals surface area (Å²) in [7, 11) is 0. The third-order valence-electron chi connectivity index (χ3n) is 5.54. The summed E-state index contributed by atoms with van der Waals surface area (Å²) in [5.41, 5.74) is 3.72. The monoisotopic (exact) mass is 362 g/mol. The number of hydrogen-bond donors (Lipinski definition) is 0. The van der Waals surface area contributed by atoms with E-state index in [1.165, 1.54) is 6.42 Å². The molecule has 140 valence electrons. The van der Waals surface area contributed by atoms with Crippen molar-refractivity contribution in [3.63, 3.8) is 0 Å². The van der Waals surface area contributed by atoms with E-state index in [1.807, 2.05) is 42.1 Å². The first-order valence-corrected chi connectivity index (χ1v) is 9.79.